The zero-order chi connectivity index (χ0) is 26.6. The van der Waals surface area contributed by atoms with Crippen LogP contribution in [0.2, 0.25) is 0 Å². The molecule has 1 atom stereocenters. The highest BCUT2D eigenvalue weighted by molar-refractivity contribution is 5.92. The SMILES string of the molecule is CC(C)(C)OC(=O)[C@@H](Cc1ccccc1)NNC(=O)CNN(C(=O)CN)C(=O)OCc1ccccc1. The van der Waals surface area contributed by atoms with E-state index in [1.165, 1.54) is 0 Å². The van der Waals surface area contributed by atoms with Gasteiger partial charge in [-0.05, 0) is 31.9 Å². The molecule has 0 aliphatic heterocycles. The quantitative estimate of drug-likeness (QED) is 0.264. The number of carbonyl (C=O) groups is 4. The molecule has 0 aliphatic rings. The molecule has 0 aliphatic carbocycles. The Balaban J connectivity index is 1.94. The molecule has 5 N–H and O–H groups in total. The molecule has 2 aromatic rings. The number of esters is 1. The number of nitrogens with one attached hydrogen (secondary N) is 3. The Morgan fingerprint density at radius 2 is 1.53 bits per heavy atom. The molecule has 0 radical (unpaired) electrons. The number of amides is 3. The summed E-state index contributed by atoms with van der Waals surface area (Å²) in [7, 11) is 0. The fourth-order valence-corrected chi connectivity index (χ4v) is 2.91. The predicted octanol–water partition coefficient (Wildman–Crippen LogP) is 1.19. The lowest BCUT2D eigenvalue weighted by molar-refractivity contribution is -0.157. The van der Waals surface area contributed by atoms with Crippen molar-refractivity contribution >= 4 is 23.9 Å². The Morgan fingerprint density at radius 1 is 0.944 bits per heavy atom. The molecule has 11 heteroatoms. The van der Waals surface area contributed by atoms with Gasteiger partial charge in [-0.1, -0.05) is 60.7 Å². The van der Waals surface area contributed by atoms with E-state index in [0.717, 1.165) is 11.1 Å². The summed E-state index contributed by atoms with van der Waals surface area (Å²) < 4.78 is 10.6. The van der Waals surface area contributed by atoms with Crippen LogP contribution in [0.1, 0.15) is 31.9 Å². The fraction of sp³-hybridized carbons (Fsp3) is 0.360. The average Bonchev–Trinajstić information content (AvgIpc) is 2.85. The summed E-state index contributed by atoms with van der Waals surface area (Å²) in [6.07, 6.45) is -0.752. The van der Waals surface area contributed by atoms with Gasteiger partial charge in [0.05, 0.1) is 13.1 Å². The third-order valence-corrected chi connectivity index (χ3v) is 4.57. The van der Waals surface area contributed by atoms with E-state index in [1.54, 1.807) is 45.0 Å². The van der Waals surface area contributed by atoms with Crippen molar-refractivity contribution < 1.29 is 28.7 Å². The van der Waals surface area contributed by atoms with Gasteiger partial charge in [-0.15, -0.1) is 0 Å². The standard InChI is InChI=1S/C25H33N5O6/c1-25(2,3)36-23(33)20(14-18-10-6-4-7-11-18)28-29-21(31)16-27-30(22(32)15-26)24(34)35-17-19-12-8-5-9-13-19/h4-13,20,27-28H,14-17,26H2,1-3H3,(H,29,31)/t20-/m1/s1. The second kappa shape index (κ2) is 13.9. The highest BCUT2D eigenvalue weighted by atomic mass is 16.6. The summed E-state index contributed by atoms with van der Waals surface area (Å²) in [5.74, 6) is -1.99. The Hall–Kier alpha value is -3.80. The Morgan fingerprint density at radius 3 is 2.08 bits per heavy atom. The zero-order valence-electron chi connectivity index (χ0n) is 20.7. The van der Waals surface area contributed by atoms with Gasteiger partial charge >= 0.3 is 12.1 Å². The molecular weight excluding hydrogens is 466 g/mol. The highest BCUT2D eigenvalue weighted by Crippen LogP contribution is 2.11. The topological polar surface area (TPSA) is 152 Å². The molecule has 0 spiro atoms. The predicted molar refractivity (Wildman–Crippen MR) is 132 cm³/mol. The molecule has 0 heterocycles. The molecule has 194 valence electrons. The number of ether oxygens (including phenoxy) is 2. The number of hydrazine groups is 2. The van der Waals surface area contributed by atoms with Crippen LogP contribution in [0, 0.1) is 0 Å². The normalized spacial score (nSPS) is 11.8. The number of imide groups is 1. The van der Waals surface area contributed by atoms with Crippen LogP contribution in [0.3, 0.4) is 0 Å². The van der Waals surface area contributed by atoms with Gasteiger partial charge in [0.2, 0.25) is 5.91 Å². The van der Waals surface area contributed by atoms with Crippen molar-refractivity contribution in [3.63, 3.8) is 0 Å². The van der Waals surface area contributed by atoms with Gasteiger partial charge in [0.25, 0.3) is 5.91 Å². The van der Waals surface area contributed by atoms with Crippen LogP contribution in [0.25, 0.3) is 0 Å². The van der Waals surface area contributed by atoms with Gasteiger partial charge < -0.3 is 15.2 Å². The van der Waals surface area contributed by atoms with E-state index in [0.29, 0.717) is 5.01 Å². The number of rotatable bonds is 11. The second-order valence-corrected chi connectivity index (χ2v) is 8.78. The molecule has 0 unspecified atom stereocenters. The van der Waals surface area contributed by atoms with Gasteiger partial charge in [0.1, 0.15) is 18.2 Å². The van der Waals surface area contributed by atoms with Crippen molar-refractivity contribution in [3.05, 3.63) is 71.8 Å². The largest absolute Gasteiger partial charge is 0.459 e. The molecule has 0 fully saturated rings. The van der Waals surface area contributed by atoms with E-state index < -0.39 is 48.6 Å². The van der Waals surface area contributed by atoms with Crippen molar-refractivity contribution in [2.45, 2.75) is 45.4 Å². The van der Waals surface area contributed by atoms with Crippen LogP contribution in [0.15, 0.2) is 60.7 Å². The van der Waals surface area contributed by atoms with Gasteiger partial charge in [0, 0.05) is 6.42 Å². The van der Waals surface area contributed by atoms with Crippen molar-refractivity contribution in [3.8, 4) is 0 Å². The lowest BCUT2D eigenvalue weighted by Gasteiger charge is -2.25. The first-order chi connectivity index (χ1) is 17.1. The minimum Gasteiger partial charge on any atom is -0.459 e. The third kappa shape index (κ3) is 10.2. The first-order valence-corrected chi connectivity index (χ1v) is 11.4. The maximum atomic E-state index is 12.7. The number of carbonyl (C=O) groups excluding carboxylic acids is 4. The van der Waals surface area contributed by atoms with Crippen molar-refractivity contribution in [1.29, 1.82) is 0 Å². The van der Waals surface area contributed by atoms with Crippen LogP contribution in [-0.2, 0) is 36.9 Å². The van der Waals surface area contributed by atoms with Crippen LogP contribution in [0.5, 0.6) is 0 Å². The number of nitrogens with zero attached hydrogens (tertiary/aromatic N) is 1. The molecule has 2 rings (SSSR count). The van der Waals surface area contributed by atoms with Gasteiger partial charge in [0.15, 0.2) is 0 Å². The summed E-state index contributed by atoms with van der Waals surface area (Å²) in [6.45, 7) is 4.20. The molecular formula is C25H33N5O6. The first-order valence-electron chi connectivity index (χ1n) is 11.4. The molecule has 36 heavy (non-hydrogen) atoms. The van der Waals surface area contributed by atoms with Crippen LogP contribution < -0.4 is 22.0 Å². The fourth-order valence-electron chi connectivity index (χ4n) is 2.91. The lowest BCUT2D eigenvalue weighted by atomic mass is 10.1. The lowest BCUT2D eigenvalue weighted by Crippen LogP contribution is -2.56. The molecule has 0 aromatic heterocycles. The van der Waals surface area contributed by atoms with E-state index in [2.05, 4.69) is 16.3 Å². The van der Waals surface area contributed by atoms with Gasteiger partial charge in [-0.2, -0.15) is 5.01 Å². The maximum absolute atomic E-state index is 12.7. The van der Waals surface area contributed by atoms with Gasteiger partial charge in [-0.3, -0.25) is 19.8 Å². The van der Waals surface area contributed by atoms with Crippen LogP contribution in [0.4, 0.5) is 4.79 Å². The number of benzene rings is 2. The van der Waals surface area contributed by atoms with Crippen molar-refractivity contribution in [2.75, 3.05) is 13.1 Å². The molecule has 0 bridgehead atoms. The minimum atomic E-state index is -1.01. The zero-order valence-corrected chi connectivity index (χ0v) is 20.7. The van der Waals surface area contributed by atoms with Crippen molar-refractivity contribution in [2.24, 2.45) is 5.73 Å². The van der Waals surface area contributed by atoms with Crippen LogP contribution >= 0.6 is 0 Å². The Bertz CT molecular complexity index is 1010. The summed E-state index contributed by atoms with van der Waals surface area (Å²) >= 11 is 0. The third-order valence-electron chi connectivity index (χ3n) is 4.57. The van der Waals surface area contributed by atoms with E-state index in [4.69, 9.17) is 15.2 Å². The first kappa shape index (κ1) is 28.4. The van der Waals surface area contributed by atoms with E-state index in [1.807, 2.05) is 36.4 Å². The molecule has 2 aromatic carbocycles. The van der Waals surface area contributed by atoms with E-state index in [9.17, 15) is 19.2 Å². The monoisotopic (exact) mass is 499 g/mol. The smallest absolute Gasteiger partial charge is 0.431 e. The Labute approximate surface area is 210 Å². The summed E-state index contributed by atoms with van der Waals surface area (Å²) in [6, 6.07) is 17.2. The number of hydrogen-bond acceptors (Lipinski definition) is 9. The molecule has 3 amide bonds. The summed E-state index contributed by atoms with van der Waals surface area (Å²) in [5.41, 5.74) is 13.7. The number of hydrogen-bond donors (Lipinski definition) is 4. The summed E-state index contributed by atoms with van der Waals surface area (Å²) in [4.78, 5) is 49.6. The van der Waals surface area contributed by atoms with Crippen LogP contribution in [-0.4, -0.2) is 53.6 Å². The summed E-state index contributed by atoms with van der Waals surface area (Å²) in [5, 5.41) is 0.540. The van der Waals surface area contributed by atoms with Crippen molar-refractivity contribution in [1.82, 2.24) is 21.3 Å². The molecule has 0 saturated carbocycles. The second-order valence-electron chi connectivity index (χ2n) is 8.78. The average molecular weight is 500 g/mol. The minimum absolute atomic E-state index is 0.0689. The van der Waals surface area contributed by atoms with E-state index >= 15 is 0 Å². The van der Waals surface area contributed by atoms with E-state index in [-0.39, 0.29) is 13.0 Å². The highest BCUT2D eigenvalue weighted by Gasteiger charge is 2.27. The maximum Gasteiger partial charge on any atom is 0.431 e. The van der Waals surface area contributed by atoms with Gasteiger partial charge in [-0.25, -0.2) is 15.6 Å². The molecule has 0 saturated heterocycles. The Kier molecular flexibility index (Phi) is 11.0. The number of nitrogens with two attached hydrogens (primary N) is 1. The molecule has 11 nitrogen and oxygen atoms in total.